The number of benzene rings is 2. The van der Waals surface area contributed by atoms with Crippen molar-refractivity contribution >= 4 is 29.1 Å². The van der Waals surface area contributed by atoms with Gasteiger partial charge in [0, 0.05) is 30.8 Å². The van der Waals surface area contributed by atoms with Crippen LogP contribution >= 0.6 is 23.2 Å². The molecule has 0 aliphatic carbocycles. The smallest absolute Gasteiger partial charge is 0.251 e. The molecule has 7 heteroatoms. The summed E-state index contributed by atoms with van der Waals surface area (Å²) in [6.45, 7) is 0.908. The van der Waals surface area contributed by atoms with Crippen LogP contribution < -0.4 is 10.6 Å². The summed E-state index contributed by atoms with van der Waals surface area (Å²) in [4.78, 5) is 11.9. The van der Waals surface area contributed by atoms with Gasteiger partial charge in [-0.3, -0.25) is 4.79 Å². The third-order valence-corrected chi connectivity index (χ3v) is 3.83. The summed E-state index contributed by atoms with van der Waals surface area (Å²) >= 11 is 11.6. The zero-order chi connectivity index (χ0) is 16.8. The Hall–Kier alpha value is -1.69. The molecule has 0 heterocycles. The molecule has 0 saturated carbocycles. The molecule has 0 spiro atoms. The van der Waals surface area contributed by atoms with E-state index in [9.17, 15) is 13.6 Å². The van der Waals surface area contributed by atoms with Gasteiger partial charge >= 0.3 is 0 Å². The highest BCUT2D eigenvalue weighted by molar-refractivity contribution is 6.42. The second-order valence-electron chi connectivity index (χ2n) is 4.80. The van der Waals surface area contributed by atoms with Crippen molar-refractivity contribution < 1.29 is 13.6 Å². The normalized spacial score (nSPS) is 10.6. The van der Waals surface area contributed by atoms with Gasteiger partial charge in [0.1, 0.15) is 11.6 Å². The molecule has 2 N–H and O–H groups in total. The Morgan fingerprint density at radius 3 is 2.52 bits per heavy atom. The molecule has 2 rings (SSSR count). The molecule has 0 radical (unpaired) electrons. The van der Waals surface area contributed by atoms with Crippen LogP contribution in [0.3, 0.4) is 0 Å². The molecule has 2 aromatic carbocycles. The number of hydrogen-bond acceptors (Lipinski definition) is 2. The van der Waals surface area contributed by atoms with Crippen LogP contribution in [0.25, 0.3) is 0 Å². The second kappa shape index (κ2) is 8.24. The van der Waals surface area contributed by atoms with E-state index < -0.39 is 11.6 Å². The van der Waals surface area contributed by atoms with E-state index in [4.69, 9.17) is 23.2 Å². The molecule has 0 unspecified atom stereocenters. The zero-order valence-electron chi connectivity index (χ0n) is 12.0. The van der Waals surface area contributed by atoms with Crippen molar-refractivity contribution in [3.63, 3.8) is 0 Å². The van der Waals surface area contributed by atoms with Crippen LogP contribution in [0.5, 0.6) is 0 Å². The van der Waals surface area contributed by atoms with E-state index in [2.05, 4.69) is 10.6 Å². The molecule has 1 amide bonds. The molecule has 23 heavy (non-hydrogen) atoms. The Labute approximate surface area is 142 Å². The first-order valence-electron chi connectivity index (χ1n) is 6.85. The fourth-order valence-electron chi connectivity index (χ4n) is 1.91. The van der Waals surface area contributed by atoms with Crippen LogP contribution in [0.4, 0.5) is 8.78 Å². The molecular formula is C16H14Cl2F2N2O. The average Bonchev–Trinajstić information content (AvgIpc) is 2.52. The summed E-state index contributed by atoms with van der Waals surface area (Å²) in [6, 6.07) is 7.88. The number of amides is 1. The van der Waals surface area contributed by atoms with Crippen molar-refractivity contribution in [2.24, 2.45) is 0 Å². The van der Waals surface area contributed by atoms with Gasteiger partial charge < -0.3 is 10.6 Å². The highest BCUT2D eigenvalue weighted by atomic mass is 35.5. The Kier molecular flexibility index (Phi) is 6.33. The fraction of sp³-hybridized carbons (Fsp3) is 0.188. The van der Waals surface area contributed by atoms with Gasteiger partial charge in [-0.05, 0) is 36.4 Å². The number of nitrogens with one attached hydrogen (secondary N) is 2. The summed E-state index contributed by atoms with van der Waals surface area (Å²) in [7, 11) is 0. The minimum Gasteiger partial charge on any atom is -0.351 e. The number of halogens is 4. The lowest BCUT2D eigenvalue weighted by atomic mass is 10.2. The van der Waals surface area contributed by atoms with Crippen LogP contribution in [0.1, 0.15) is 15.9 Å². The van der Waals surface area contributed by atoms with E-state index in [0.29, 0.717) is 28.7 Å². The van der Waals surface area contributed by atoms with Crippen molar-refractivity contribution in [3.05, 3.63) is 69.2 Å². The molecule has 0 bridgehead atoms. The molecule has 0 aliphatic rings. The molecule has 0 fully saturated rings. The van der Waals surface area contributed by atoms with Gasteiger partial charge in [-0.2, -0.15) is 0 Å². The lowest BCUT2D eigenvalue weighted by molar-refractivity contribution is 0.0954. The molecule has 0 atom stereocenters. The third-order valence-electron chi connectivity index (χ3n) is 3.09. The van der Waals surface area contributed by atoms with E-state index in [1.54, 1.807) is 12.1 Å². The first-order valence-corrected chi connectivity index (χ1v) is 7.61. The van der Waals surface area contributed by atoms with Crippen LogP contribution in [0.15, 0.2) is 36.4 Å². The number of carbonyl (C=O) groups is 1. The van der Waals surface area contributed by atoms with E-state index >= 15 is 0 Å². The number of hydrogen-bond donors (Lipinski definition) is 2. The van der Waals surface area contributed by atoms with Crippen molar-refractivity contribution in [2.75, 3.05) is 13.1 Å². The van der Waals surface area contributed by atoms with Gasteiger partial charge in [-0.15, -0.1) is 0 Å². The maximum absolute atomic E-state index is 13.4. The average molecular weight is 359 g/mol. The zero-order valence-corrected chi connectivity index (χ0v) is 13.5. The fourth-order valence-corrected chi connectivity index (χ4v) is 2.20. The third kappa shape index (κ3) is 5.16. The van der Waals surface area contributed by atoms with E-state index in [0.717, 1.165) is 18.2 Å². The number of carbonyl (C=O) groups excluding carboxylic acids is 1. The van der Waals surface area contributed by atoms with Gasteiger partial charge in [-0.1, -0.05) is 23.2 Å². The van der Waals surface area contributed by atoms with Crippen molar-refractivity contribution in [3.8, 4) is 0 Å². The van der Waals surface area contributed by atoms with Crippen LogP contribution in [-0.4, -0.2) is 19.0 Å². The largest absolute Gasteiger partial charge is 0.351 e. The standard InChI is InChI=1S/C16H14Cl2F2N2O/c17-13-3-1-10(8-14(13)18)16(23)22-6-5-21-9-11-7-12(19)2-4-15(11)20/h1-4,7-8,21H,5-6,9H2,(H,22,23). The van der Waals surface area contributed by atoms with E-state index in [1.807, 2.05) is 0 Å². The molecule has 0 aliphatic heterocycles. The quantitative estimate of drug-likeness (QED) is 0.771. The highest BCUT2D eigenvalue weighted by Crippen LogP contribution is 2.22. The topological polar surface area (TPSA) is 41.1 Å². The van der Waals surface area contributed by atoms with E-state index in [1.165, 1.54) is 6.07 Å². The lowest BCUT2D eigenvalue weighted by Gasteiger charge is -2.08. The molecular weight excluding hydrogens is 345 g/mol. The monoisotopic (exact) mass is 358 g/mol. The van der Waals surface area contributed by atoms with Crippen molar-refractivity contribution in [1.82, 2.24) is 10.6 Å². The Bertz CT molecular complexity index is 710. The van der Waals surface area contributed by atoms with Gasteiger partial charge in [0.05, 0.1) is 10.0 Å². The SMILES string of the molecule is O=C(NCCNCc1cc(F)ccc1F)c1ccc(Cl)c(Cl)c1. The predicted molar refractivity (Wildman–Crippen MR) is 86.9 cm³/mol. The summed E-state index contributed by atoms with van der Waals surface area (Å²) in [5, 5.41) is 6.30. The van der Waals surface area contributed by atoms with Crippen LogP contribution in [0, 0.1) is 11.6 Å². The Morgan fingerprint density at radius 2 is 1.78 bits per heavy atom. The van der Waals surface area contributed by atoms with Gasteiger partial charge in [-0.25, -0.2) is 8.78 Å². The molecule has 0 saturated heterocycles. The van der Waals surface area contributed by atoms with E-state index in [-0.39, 0.29) is 18.0 Å². The molecule has 122 valence electrons. The lowest BCUT2D eigenvalue weighted by Crippen LogP contribution is -2.31. The van der Waals surface area contributed by atoms with Gasteiger partial charge in [0.2, 0.25) is 0 Å². The minimum atomic E-state index is -0.490. The number of rotatable bonds is 6. The van der Waals surface area contributed by atoms with Crippen LogP contribution in [0.2, 0.25) is 10.0 Å². The maximum atomic E-state index is 13.4. The van der Waals surface area contributed by atoms with Gasteiger partial charge in [0.15, 0.2) is 0 Å². The maximum Gasteiger partial charge on any atom is 0.251 e. The first kappa shape index (κ1) is 17.7. The van der Waals surface area contributed by atoms with Crippen molar-refractivity contribution in [2.45, 2.75) is 6.54 Å². The summed E-state index contributed by atoms with van der Waals surface area (Å²) in [5.41, 5.74) is 0.636. The van der Waals surface area contributed by atoms with Gasteiger partial charge in [0.25, 0.3) is 5.91 Å². The van der Waals surface area contributed by atoms with Crippen LogP contribution in [-0.2, 0) is 6.54 Å². The second-order valence-corrected chi connectivity index (χ2v) is 5.61. The molecule has 3 nitrogen and oxygen atoms in total. The first-order chi connectivity index (χ1) is 11.0. The predicted octanol–water partition coefficient (Wildman–Crippen LogP) is 3.79. The Balaban J connectivity index is 1.75. The summed E-state index contributed by atoms with van der Waals surface area (Å²) in [6.07, 6.45) is 0. The Morgan fingerprint density at radius 1 is 1.00 bits per heavy atom. The minimum absolute atomic E-state index is 0.173. The molecule has 0 aromatic heterocycles. The molecule has 2 aromatic rings. The summed E-state index contributed by atoms with van der Waals surface area (Å²) in [5.74, 6) is -1.25. The van der Waals surface area contributed by atoms with Crippen molar-refractivity contribution in [1.29, 1.82) is 0 Å². The highest BCUT2D eigenvalue weighted by Gasteiger charge is 2.07. The summed E-state index contributed by atoms with van der Waals surface area (Å²) < 4.78 is 26.4.